The second-order valence-electron chi connectivity index (χ2n) is 8.01. The molecule has 5 rings (SSSR count). The van der Waals surface area contributed by atoms with Gasteiger partial charge in [-0.3, -0.25) is 0 Å². The fourth-order valence-corrected chi connectivity index (χ4v) is 4.15. The highest BCUT2D eigenvalue weighted by atomic mass is 19.3. The second kappa shape index (κ2) is 9.09. The van der Waals surface area contributed by atoms with Gasteiger partial charge in [0.2, 0.25) is 5.90 Å². The first kappa shape index (κ1) is 21.8. The molecule has 2 aliphatic heterocycles. The molecular formula is C25H22F2N4O3. The van der Waals surface area contributed by atoms with Crippen molar-refractivity contribution in [3.8, 4) is 11.4 Å². The summed E-state index contributed by atoms with van der Waals surface area (Å²) in [5, 5.41) is 4.75. The first-order chi connectivity index (χ1) is 16.5. The normalized spacial score (nSPS) is 16.9. The average Bonchev–Trinajstić information content (AvgIpc) is 3.55. The molecule has 3 heterocycles. The van der Waals surface area contributed by atoms with Crippen LogP contribution >= 0.6 is 0 Å². The number of halogens is 2. The first-order valence-electron chi connectivity index (χ1n) is 11.0. The van der Waals surface area contributed by atoms with Crippen molar-refractivity contribution in [1.29, 1.82) is 0 Å². The Labute approximate surface area is 194 Å². The van der Waals surface area contributed by atoms with E-state index in [1.165, 1.54) is 18.2 Å². The minimum atomic E-state index is -2.95. The molecular weight excluding hydrogens is 442 g/mol. The summed E-state index contributed by atoms with van der Waals surface area (Å²) in [5.74, 6) is 0.277. The molecule has 0 aliphatic carbocycles. The van der Waals surface area contributed by atoms with E-state index in [9.17, 15) is 13.6 Å². The van der Waals surface area contributed by atoms with Gasteiger partial charge in [-0.25, -0.2) is 14.5 Å². The smallest absolute Gasteiger partial charge is 0.387 e. The predicted molar refractivity (Wildman–Crippen MR) is 123 cm³/mol. The lowest BCUT2D eigenvalue weighted by Gasteiger charge is -2.20. The number of nitrogens with zero attached hydrogens (tertiary/aromatic N) is 4. The van der Waals surface area contributed by atoms with E-state index in [0.717, 1.165) is 48.7 Å². The molecule has 0 atom stereocenters. The number of anilines is 1. The number of aryl methyl sites for hydroxylation is 1. The first-order valence-corrected chi connectivity index (χ1v) is 11.0. The van der Waals surface area contributed by atoms with E-state index in [2.05, 4.69) is 14.6 Å². The number of aromatic nitrogens is 2. The molecule has 1 saturated heterocycles. The van der Waals surface area contributed by atoms with Gasteiger partial charge in [0.1, 0.15) is 11.6 Å². The topological polar surface area (TPSA) is 69.0 Å². The molecule has 0 amide bonds. The monoisotopic (exact) mass is 464 g/mol. The van der Waals surface area contributed by atoms with E-state index in [4.69, 9.17) is 9.84 Å². The maximum atomic E-state index is 12.6. The minimum absolute atomic E-state index is 0.0341. The summed E-state index contributed by atoms with van der Waals surface area (Å²) in [7, 11) is 0. The van der Waals surface area contributed by atoms with Crippen molar-refractivity contribution in [2.45, 2.75) is 26.4 Å². The van der Waals surface area contributed by atoms with Gasteiger partial charge in [-0.2, -0.15) is 13.9 Å². The summed E-state index contributed by atoms with van der Waals surface area (Å²) in [6.45, 7) is 0.724. The largest absolute Gasteiger partial charge is 0.435 e. The van der Waals surface area contributed by atoms with Crippen molar-refractivity contribution >= 4 is 23.8 Å². The number of esters is 1. The molecule has 7 nitrogen and oxygen atoms in total. The van der Waals surface area contributed by atoms with Crippen molar-refractivity contribution in [2.75, 3.05) is 18.0 Å². The zero-order chi connectivity index (χ0) is 23.7. The van der Waals surface area contributed by atoms with Gasteiger partial charge < -0.3 is 14.4 Å². The fourth-order valence-electron chi connectivity index (χ4n) is 4.15. The number of carbonyl (C=O) groups is 1. The fraction of sp³-hybridized carbons (Fsp3) is 0.240. The molecule has 174 valence electrons. The Morgan fingerprint density at radius 2 is 1.85 bits per heavy atom. The predicted octanol–water partition coefficient (Wildman–Crippen LogP) is 4.73. The van der Waals surface area contributed by atoms with Gasteiger partial charge in [0.25, 0.3) is 0 Å². The molecule has 1 aromatic heterocycles. The number of carbonyl (C=O) groups excluding carboxylic acids is 1. The van der Waals surface area contributed by atoms with Crippen molar-refractivity contribution < 1.29 is 23.0 Å². The number of para-hydroxylation sites is 1. The van der Waals surface area contributed by atoms with Crippen molar-refractivity contribution in [2.24, 2.45) is 4.99 Å². The highest BCUT2D eigenvalue weighted by Gasteiger charge is 2.28. The van der Waals surface area contributed by atoms with E-state index in [0.29, 0.717) is 5.56 Å². The number of cyclic esters (lactones) is 1. The maximum absolute atomic E-state index is 12.6. The summed E-state index contributed by atoms with van der Waals surface area (Å²) in [6.07, 6.45) is 3.84. The van der Waals surface area contributed by atoms with Crippen LogP contribution in [0.4, 0.5) is 14.6 Å². The molecule has 2 aliphatic rings. The minimum Gasteiger partial charge on any atom is -0.435 e. The molecule has 9 heteroatoms. The van der Waals surface area contributed by atoms with Gasteiger partial charge in [-0.15, -0.1) is 0 Å². The van der Waals surface area contributed by atoms with Crippen LogP contribution in [0.5, 0.6) is 5.75 Å². The number of benzene rings is 2. The zero-order valence-electron chi connectivity index (χ0n) is 18.4. The van der Waals surface area contributed by atoms with Gasteiger partial charge in [-0.05, 0) is 56.2 Å². The van der Waals surface area contributed by atoms with Crippen molar-refractivity contribution in [3.63, 3.8) is 0 Å². The van der Waals surface area contributed by atoms with Crippen LogP contribution in [0.2, 0.25) is 0 Å². The number of aliphatic imine (C=N–C) groups is 1. The lowest BCUT2D eigenvalue weighted by atomic mass is 10.2. The Morgan fingerprint density at radius 1 is 1.09 bits per heavy atom. The van der Waals surface area contributed by atoms with E-state index < -0.39 is 12.6 Å². The van der Waals surface area contributed by atoms with Crippen LogP contribution in [0.3, 0.4) is 0 Å². The standard InChI is InChI=1S/C25H22F2N4O3/c1-16-20(23(30-12-5-6-13-30)31(29-16)18-9-3-2-4-10-18)15-21-24(32)34-22(28-21)17-8-7-11-19(14-17)33-25(26)27/h2-4,7-11,14-15,25H,5-6,12-13H2,1H3. The van der Waals surface area contributed by atoms with Gasteiger partial charge in [0.05, 0.1) is 11.4 Å². The van der Waals surface area contributed by atoms with E-state index in [-0.39, 0.29) is 17.3 Å². The summed E-state index contributed by atoms with van der Waals surface area (Å²) in [5.41, 5.74) is 2.95. The maximum Gasteiger partial charge on any atom is 0.387 e. The number of rotatable bonds is 6. The van der Waals surface area contributed by atoms with Gasteiger partial charge in [0.15, 0.2) is 5.70 Å². The third-order valence-electron chi connectivity index (χ3n) is 5.70. The van der Waals surface area contributed by atoms with Crippen LogP contribution in [-0.4, -0.2) is 41.3 Å². The Bertz CT molecular complexity index is 1280. The van der Waals surface area contributed by atoms with Crippen LogP contribution in [0.1, 0.15) is 29.7 Å². The SMILES string of the molecule is Cc1nn(-c2ccccc2)c(N2CCCC2)c1C=C1N=C(c2cccc(OC(F)F)c2)OC1=O. The van der Waals surface area contributed by atoms with Gasteiger partial charge in [0, 0.05) is 24.2 Å². The summed E-state index contributed by atoms with van der Waals surface area (Å²) >= 11 is 0. The van der Waals surface area contributed by atoms with Crippen LogP contribution in [0, 0.1) is 6.92 Å². The van der Waals surface area contributed by atoms with Crippen LogP contribution in [0.15, 0.2) is 65.3 Å². The highest BCUT2D eigenvalue weighted by Crippen LogP contribution is 2.33. The molecule has 3 aromatic rings. The summed E-state index contributed by atoms with van der Waals surface area (Å²) in [4.78, 5) is 19.3. The quantitative estimate of drug-likeness (QED) is 0.390. The lowest BCUT2D eigenvalue weighted by Crippen LogP contribution is -2.22. The van der Waals surface area contributed by atoms with Crippen molar-refractivity contribution in [1.82, 2.24) is 9.78 Å². The number of alkyl halides is 2. The van der Waals surface area contributed by atoms with Gasteiger partial charge in [-0.1, -0.05) is 24.3 Å². The van der Waals surface area contributed by atoms with Crippen LogP contribution in [0.25, 0.3) is 11.8 Å². The molecule has 34 heavy (non-hydrogen) atoms. The Morgan fingerprint density at radius 3 is 2.59 bits per heavy atom. The summed E-state index contributed by atoms with van der Waals surface area (Å²) < 4.78 is 36.8. The molecule has 0 bridgehead atoms. The van der Waals surface area contributed by atoms with E-state index in [1.54, 1.807) is 12.1 Å². The van der Waals surface area contributed by atoms with Crippen LogP contribution in [-0.2, 0) is 9.53 Å². The van der Waals surface area contributed by atoms with E-state index in [1.807, 2.05) is 41.9 Å². The van der Waals surface area contributed by atoms with Crippen LogP contribution < -0.4 is 9.64 Å². The summed E-state index contributed by atoms with van der Waals surface area (Å²) in [6, 6.07) is 15.7. The molecule has 2 aromatic carbocycles. The average molecular weight is 464 g/mol. The van der Waals surface area contributed by atoms with Crippen molar-refractivity contribution in [3.05, 3.63) is 77.1 Å². The third kappa shape index (κ3) is 4.28. The van der Waals surface area contributed by atoms with Gasteiger partial charge >= 0.3 is 12.6 Å². The molecule has 0 unspecified atom stereocenters. The zero-order valence-corrected chi connectivity index (χ0v) is 18.4. The molecule has 0 saturated carbocycles. The Hall–Kier alpha value is -4.01. The van der Waals surface area contributed by atoms with E-state index >= 15 is 0 Å². The third-order valence-corrected chi connectivity index (χ3v) is 5.70. The molecule has 0 spiro atoms. The molecule has 0 N–H and O–H groups in total. The Kier molecular flexibility index (Phi) is 5.83. The number of ether oxygens (including phenoxy) is 2. The Balaban J connectivity index is 1.55. The lowest BCUT2D eigenvalue weighted by molar-refractivity contribution is -0.129. The molecule has 1 fully saturated rings. The number of hydrogen-bond acceptors (Lipinski definition) is 6. The number of hydrogen-bond donors (Lipinski definition) is 0. The molecule has 0 radical (unpaired) electrons. The highest BCUT2D eigenvalue weighted by molar-refractivity contribution is 6.13. The second-order valence-corrected chi connectivity index (χ2v) is 8.01.